The number of rotatable bonds is 5. The summed E-state index contributed by atoms with van der Waals surface area (Å²) >= 11 is 0. The van der Waals surface area contributed by atoms with Crippen molar-refractivity contribution in [3.63, 3.8) is 0 Å². The van der Waals surface area contributed by atoms with E-state index >= 15 is 0 Å². The molecule has 1 aromatic heterocycles. The molecule has 0 radical (unpaired) electrons. The largest absolute Gasteiger partial charge is 0.447 e. The molecule has 21 heavy (non-hydrogen) atoms. The van der Waals surface area contributed by atoms with Crippen LogP contribution in [0.3, 0.4) is 0 Å². The van der Waals surface area contributed by atoms with Gasteiger partial charge in [0.05, 0.1) is 6.04 Å². The molecule has 0 saturated carbocycles. The van der Waals surface area contributed by atoms with Gasteiger partial charge in [0.15, 0.2) is 0 Å². The Morgan fingerprint density at radius 1 is 1.19 bits per heavy atom. The Balaban J connectivity index is 1.61. The fourth-order valence-electron chi connectivity index (χ4n) is 2.65. The van der Waals surface area contributed by atoms with Crippen molar-refractivity contribution < 1.29 is 9.53 Å². The van der Waals surface area contributed by atoms with Gasteiger partial charge in [0.25, 0.3) is 0 Å². The predicted molar refractivity (Wildman–Crippen MR) is 79.8 cm³/mol. The Hall–Kier alpha value is -2.36. The van der Waals surface area contributed by atoms with E-state index in [0.717, 1.165) is 18.4 Å². The van der Waals surface area contributed by atoms with Crippen LogP contribution in [0.15, 0.2) is 54.9 Å². The monoisotopic (exact) mass is 282 g/mol. The van der Waals surface area contributed by atoms with Gasteiger partial charge in [-0.05, 0) is 30.0 Å². The smallest absolute Gasteiger partial charge is 0.410 e. The SMILES string of the molecule is O=C1OC[C@H](c2ccccc2)N1CCCc1cccnc1. The van der Waals surface area contributed by atoms with Crippen LogP contribution in [0.5, 0.6) is 0 Å². The van der Waals surface area contributed by atoms with Gasteiger partial charge in [0.1, 0.15) is 6.61 Å². The number of nitrogens with zero attached hydrogens (tertiary/aromatic N) is 2. The molecule has 1 saturated heterocycles. The van der Waals surface area contributed by atoms with Crippen LogP contribution >= 0.6 is 0 Å². The minimum Gasteiger partial charge on any atom is -0.447 e. The minimum absolute atomic E-state index is 0.0348. The number of carbonyl (C=O) groups excluding carboxylic acids is 1. The van der Waals surface area contributed by atoms with E-state index in [4.69, 9.17) is 4.74 Å². The van der Waals surface area contributed by atoms with E-state index in [2.05, 4.69) is 11.1 Å². The lowest BCUT2D eigenvalue weighted by Gasteiger charge is -2.21. The molecule has 4 nitrogen and oxygen atoms in total. The fourth-order valence-corrected chi connectivity index (χ4v) is 2.65. The van der Waals surface area contributed by atoms with Crippen LogP contribution in [0.1, 0.15) is 23.6 Å². The van der Waals surface area contributed by atoms with Gasteiger partial charge in [-0.25, -0.2) is 4.79 Å². The van der Waals surface area contributed by atoms with Crippen LogP contribution in [-0.4, -0.2) is 29.1 Å². The number of carbonyl (C=O) groups is 1. The average molecular weight is 282 g/mol. The van der Waals surface area contributed by atoms with Crippen molar-refractivity contribution in [1.82, 2.24) is 9.88 Å². The minimum atomic E-state index is -0.213. The van der Waals surface area contributed by atoms with Crippen LogP contribution in [0.25, 0.3) is 0 Å². The third-order valence-corrected chi connectivity index (χ3v) is 3.75. The molecule has 3 rings (SSSR count). The van der Waals surface area contributed by atoms with Crippen molar-refractivity contribution >= 4 is 6.09 Å². The van der Waals surface area contributed by atoms with Crippen LogP contribution in [0, 0.1) is 0 Å². The maximum Gasteiger partial charge on any atom is 0.410 e. The molecule has 108 valence electrons. The number of aromatic nitrogens is 1. The predicted octanol–water partition coefficient (Wildman–Crippen LogP) is 3.21. The summed E-state index contributed by atoms with van der Waals surface area (Å²) in [5.74, 6) is 0. The third-order valence-electron chi connectivity index (χ3n) is 3.75. The summed E-state index contributed by atoms with van der Waals surface area (Å²) < 4.78 is 5.21. The first-order chi connectivity index (χ1) is 10.3. The van der Waals surface area contributed by atoms with Gasteiger partial charge < -0.3 is 4.74 Å². The number of amides is 1. The zero-order valence-corrected chi connectivity index (χ0v) is 11.8. The molecule has 0 bridgehead atoms. The van der Waals surface area contributed by atoms with Crippen molar-refractivity contribution in [2.75, 3.05) is 13.2 Å². The number of hydrogen-bond acceptors (Lipinski definition) is 3. The average Bonchev–Trinajstić information content (AvgIpc) is 2.91. The molecule has 0 aliphatic carbocycles. The second-order valence-corrected chi connectivity index (χ2v) is 5.16. The van der Waals surface area contributed by atoms with Gasteiger partial charge in [0.2, 0.25) is 0 Å². The first-order valence-electron chi connectivity index (χ1n) is 7.22. The molecule has 2 heterocycles. The Morgan fingerprint density at radius 3 is 2.81 bits per heavy atom. The molecule has 4 heteroatoms. The van der Waals surface area contributed by atoms with Crippen molar-refractivity contribution in [2.45, 2.75) is 18.9 Å². The highest BCUT2D eigenvalue weighted by molar-refractivity contribution is 5.70. The van der Waals surface area contributed by atoms with Gasteiger partial charge in [-0.15, -0.1) is 0 Å². The topological polar surface area (TPSA) is 42.4 Å². The highest BCUT2D eigenvalue weighted by atomic mass is 16.6. The Kier molecular flexibility index (Phi) is 4.15. The molecule has 1 atom stereocenters. The lowest BCUT2D eigenvalue weighted by Crippen LogP contribution is -2.29. The number of hydrogen-bond donors (Lipinski definition) is 0. The standard InChI is InChI=1S/C17H18N2O2/c20-17-19(11-5-7-14-6-4-10-18-12-14)16(13-21-17)15-8-2-1-3-9-15/h1-4,6,8-10,12,16H,5,7,11,13H2/t16-/m1/s1. The lowest BCUT2D eigenvalue weighted by molar-refractivity contribution is 0.157. The van der Waals surface area contributed by atoms with E-state index in [9.17, 15) is 4.79 Å². The molecule has 0 spiro atoms. The van der Waals surface area contributed by atoms with Crippen molar-refractivity contribution in [3.05, 3.63) is 66.0 Å². The van der Waals surface area contributed by atoms with Crippen LogP contribution in [0.2, 0.25) is 0 Å². The van der Waals surface area contributed by atoms with E-state index in [1.54, 1.807) is 6.20 Å². The molecule has 1 fully saturated rings. The Labute approximate surface area is 124 Å². The normalized spacial score (nSPS) is 17.8. The van der Waals surface area contributed by atoms with E-state index in [1.165, 1.54) is 5.56 Å². The Bertz CT molecular complexity index is 586. The van der Waals surface area contributed by atoms with Crippen LogP contribution in [0.4, 0.5) is 4.79 Å². The molecule has 1 amide bonds. The number of pyridine rings is 1. The molecule has 1 aromatic carbocycles. The lowest BCUT2D eigenvalue weighted by atomic mass is 10.1. The summed E-state index contributed by atoms with van der Waals surface area (Å²) in [6, 6.07) is 14.1. The zero-order chi connectivity index (χ0) is 14.5. The molecular weight excluding hydrogens is 264 g/mol. The summed E-state index contributed by atoms with van der Waals surface area (Å²) in [6.45, 7) is 1.14. The van der Waals surface area contributed by atoms with E-state index in [1.807, 2.05) is 47.5 Å². The number of benzene rings is 1. The van der Waals surface area contributed by atoms with Gasteiger partial charge in [-0.3, -0.25) is 9.88 Å². The summed E-state index contributed by atoms with van der Waals surface area (Å²) in [7, 11) is 0. The van der Waals surface area contributed by atoms with Gasteiger partial charge in [-0.1, -0.05) is 36.4 Å². The molecule has 1 aliphatic heterocycles. The highest BCUT2D eigenvalue weighted by Gasteiger charge is 2.33. The summed E-state index contributed by atoms with van der Waals surface area (Å²) in [4.78, 5) is 17.8. The van der Waals surface area contributed by atoms with Crippen LogP contribution in [-0.2, 0) is 11.2 Å². The molecule has 0 N–H and O–H groups in total. The van der Waals surface area contributed by atoms with Crippen LogP contribution < -0.4 is 0 Å². The van der Waals surface area contributed by atoms with E-state index < -0.39 is 0 Å². The van der Waals surface area contributed by atoms with Crippen molar-refractivity contribution in [2.24, 2.45) is 0 Å². The zero-order valence-electron chi connectivity index (χ0n) is 11.8. The third kappa shape index (κ3) is 3.21. The second kappa shape index (κ2) is 6.39. The van der Waals surface area contributed by atoms with Gasteiger partial charge >= 0.3 is 6.09 Å². The Morgan fingerprint density at radius 2 is 2.05 bits per heavy atom. The first-order valence-corrected chi connectivity index (χ1v) is 7.22. The number of aryl methyl sites for hydroxylation is 1. The maximum absolute atomic E-state index is 11.9. The quantitative estimate of drug-likeness (QED) is 0.845. The van der Waals surface area contributed by atoms with E-state index in [-0.39, 0.29) is 12.1 Å². The van der Waals surface area contributed by atoms with Gasteiger partial charge in [0, 0.05) is 18.9 Å². The first kappa shape index (κ1) is 13.6. The van der Waals surface area contributed by atoms with Gasteiger partial charge in [-0.2, -0.15) is 0 Å². The van der Waals surface area contributed by atoms with Crippen molar-refractivity contribution in [1.29, 1.82) is 0 Å². The summed E-state index contributed by atoms with van der Waals surface area (Å²) in [5.41, 5.74) is 2.33. The molecule has 0 unspecified atom stereocenters. The molecule has 1 aliphatic rings. The molecule has 2 aromatic rings. The maximum atomic E-state index is 11.9. The summed E-state index contributed by atoms with van der Waals surface area (Å²) in [6.07, 6.45) is 5.25. The highest BCUT2D eigenvalue weighted by Crippen LogP contribution is 2.27. The number of ether oxygens (including phenoxy) is 1. The van der Waals surface area contributed by atoms with Crippen molar-refractivity contribution in [3.8, 4) is 0 Å². The summed E-state index contributed by atoms with van der Waals surface area (Å²) in [5, 5.41) is 0. The second-order valence-electron chi connectivity index (χ2n) is 5.16. The van der Waals surface area contributed by atoms with E-state index in [0.29, 0.717) is 13.2 Å². The number of cyclic esters (lactones) is 1. The fraction of sp³-hybridized carbons (Fsp3) is 0.294. The molecular formula is C17H18N2O2.